The van der Waals surface area contributed by atoms with Gasteiger partial charge in [-0.1, -0.05) is 11.6 Å². The number of hydrogen-bond donors (Lipinski definition) is 1. The van der Waals surface area contributed by atoms with Gasteiger partial charge in [0, 0.05) is 18.8 Å². The van der Waals surface area contributed by atoms with Crippen molar-refractivity contribution in [3.05, 3.63) is 23.2 Å². The van der Waals surface area contributed by atoms with Gasteiger partial charge in [-0.3, -0.25) is 0 Å². The molecule has 0 aliphatic rings. The first-order valence-corrected chi connectivity index (χ1v) is 6.17. The topological polar surface area (TPSA) is 68.2 Å². The summed E-state index contributed by atoms with van der Waals surface area (Å²) in [4.78, 5) is 6.33. The van der Waals surface area contributed by atoms with Crippen LogP contribution in [0.25, 0.3) is 11.5 Å². The van der Waals surface area contributed by atoms with Crippen LogP contribution in [0.1, 0.15) is 13.8 Å². The summed E-state index contributed by atoms with van der Waals surface area (Å²) in [5.41, 5.74) is 6.99. The molecular weight excluding hydrogens is 252 g/mol. The standard InChI is InChI=1S/C12H15ClN4O/c1-3-17(4-2)12-15-11(18-16-12)9-7-8(14)5-6-10(9)13/h5-7H,3-4,14H2,1-2H3. The highest BCUT2D eigenvalue weighted by Crippen LogP contribution is 2.29. The Labute approximate surface area is 111 Å². The predicted molar refractivity (Wildman–Crippen MR) is 72.7 cm³/mol. The van der Waals surface area contributed by atoms with Gasteiger partial charge in [-0.05, 0) is 37.2 Å². The highest BCUT2D eigenvalue weighted by molar-refractivity contribution is 6.33. The van der Waals surface area contributed by atoms with Crippen LogP contribution in [0.3, 0.4) is 0 Å². The molecule has 0 amide bonds. The van der Waals surface area contributed by atoms with Gasteiger partial charge in [0.05, 0.1) is 10.6 Å². The largest absolute Gasteiger partial charge is 0.399 e. The van der Waals surface area contributed by atoms with E-state index in [-0.39, 0.29) is 0 Å². The number of nitrogens with two attached hydrogens (primary N) is 1. The fourth-order valence-electron chi connectivity index (χ4n) is 1.67. The van der Waals surface area contributed by atoms with Crippen molar-refractivity contribution in [2.75, 3.05) is 23.7 Å². The second-order valence-electron chi connectivity index (χ2n) is 3.81. The van der Waals surface area contributed by atoms with Crippen molar-refractivity contribution in [1.29, 1.82) is 0 Å². The molecule has 2 rings (SSSR count). The molecule has 0 aliphatic heterocycles. The molecular formula is C12H15ClN4O. The minimum absolute atomic E-state index is 0.384. The fourth-order valence-corrected chi connectivity index (χ4v) is 1.87. The Hall–Kier alpha value is -1.75. The van der Waals surface area contributed by atoms with Crippen LogP contribution in [0.15, 0.2) is 22.7 Å². The number of rotatable bonds is 4. The SMILES string of the molecule is CCN(CC)c1noc(-c2cc(N)ccc2Cl)n1. The molecule has 0 fully saturated rings. The molecule has 0 bridgehead atoms. The number of aromatic nitrogens is 2. The summed E-state index contributed by atoms with van der Waals surface area (Å²) in [6.07, 6.45) is 0. The third kappa shape index (κ3) is 2.41. The van der Waals surface area contributed by atoms with Gasteiger partial charge in [-0.25, -0.2) is 0 Å². The molecule has 0 atom stereocenters. The van der Waals surface area contributed by atoms with Gasteiger partial charge in [0.2, 0.25) is 0 Å². The van der Waals surface area contributed by atoms with Crippen LogP contribution in [-0.2, 0) is 0 Å². The number of benzene rings is 1. The molecule has 2 N–H and O–H groups in total. The van der Waals surface area contributed by atoms with E-state index < -0.39 is 0 Å². The molecule has 0 unspecified atom stereocenters. The lowest BCUT2D eigenvalue weighted by molar-refractivity contribution is 0.429. The summed E-state index contributed by atoms with van der Waals surface area (Å²) in [7, 11) is 0. The average molecular weight is 267 g/mol. The number of nitrogen functional groups attached to an aromatic ring is 1. The van der Waals surface area contributed by atoms with Gasteiger partial charge in [0.1, 0.15) is 0 Å². The number of anilines is 2. The van der Waals surface area contributed by atoms with Crippen molar-refractivity contribution in [3.63, 3.8) is 0 Å². The van der Waals surface area contributed by atoms with E-state index in [9.17, 15) is 0 Å². The maximum atomic E-state index is 6.09. The quantitative estimate of drug-likeness (QED) is 0.862. The highest BCUT2D eigenvalue weighted by Gasteiger charge is 2.15. The minimum atomic E-state index is 0.384. The first-order valence-electron chi connectivity index (χ1n) is 5.79. The Balaban J connectivity index is 2.37. The third-order valence-electron chi connectivity index (χ3n) is 2.68. The maximum absolute atomic E-state index is 6.09. The Morgan fingerprint density at radius 2 is 2.06 bits per heavy atom. The zero-order valence-corrected chi connectivity index (χ0v) is 11.1. The smallest absolute Gasteiger partial charge is 0.266 e. The van der Waals surface area contributed by atoms with Crippen LogP contribution in [0, 0.1) is 0 Å². The minimum Gasteiger partial charge on any atom is -0.399 e. The molecule has 0 aliphatic carbocycles. The molecule has 1 aromatic carbocycles. The summed E-state index contributed by atoms with van der Waals surface area (Å²) in [5, 5.41) is 4.49. The van der Waals surface area contributed by atoms with E-state index in [1.807, 2.05) is 18.7 Å². The van der Waals surface area contributed by atoms with Crippen molar-refractivity contribution in [2.45, 2.75) is 13.8 Å². The van der Waals surface area contributed by atoms with Crippen LogP contribution in [0.2, 0.25) is 5.02 Å². The Bertz CT molecular complexity index is 537. The normalized spacial score (nSPS) is 10.6. The van der Waals surface area contributed by atoms with Gasteiger partial charge in [-0.2, -0.15) is 4.98 Å². The Morgan fingerprint density at radius 1 is 1.33 bits per heavy atom. The van der Waals surface area contributed by atoms with Crippen molar-refractivity contribution in [3.8, 4) is 11.5 Å². The van der Waals surface area contributed by atoms with Crippen molar-refractivity contribution < 1.29 is 4.52 Å². The summed E-state index contributed by atoms with van der Waals surface area (Å²) in [6.45, 7) is 5.71. The van der Waals surface area contributed by atoms with E-state index >= 15 is 0 Å². The monoisotopic (exact) mass is 266 g/mol. The summed E-state index contributed by atoms with van der Waals surface area (Å²) in [6, 6.07) is 5.17. The van der Waals surface area contributed by atoms with Crippen LogP contribution < -0.4 is 10.6 Å². The Kier molecular flexibility index (Phi) is 3.72. The number of halogens is 1. The Morgan fingerprint density at radius 3 is 2.72 bits per heavy atom. The van der Waals surface area contributed by atoms with Gasteiger partial charge < -0.3 is 15.2 Å². The lowest BCUT2D eigenvalue weighted by Gasteiger charge is -2.14. The second-order valence-corrected chi connectivity index (χ2v) is 4.22. The molecule has 0 radical (unpaired) electrons. The van der Waals surface area contributed by atoms with Crippen LogP contribution in [0.5, 0.6) is 0 Å². The average Bonchev–Trinajstić information content (AvgIpc) is 2.83. The van der Waals surface area contributed by atoms with Crippen LogP contribution in [-0.4, -0.2) is 23.2 Å². The van der Waals surface area contributed by atoms with Crippen LogP contribution >= 0.6 is 11.6 Å². The lowest BCUT2D eigenvalue weighted by atomic mass is 10.2. The molecule has 18 heavy (non-hydrogen) atoms. The van der Waals surface area contributed by atoms with Gasteiger partial charge in [0.15, 0.2) is 0 Å². The maximum Gasteiger partial charge on any atom is 0.266 e. The zero-order chi connectivity index (χ0) is 13.1. The molecule has 0 saturated heterocycles. The fraction of sp³-hybridized carbons (Fsp3) is 0.333. The first kappa shape index (κ1) is 12.7. The van der Waals surface area contributed by atoms with E-state index in [1.165, 1.54) is 0 Å². The molecule has 1 aromatic heterocycles. The van der Waals surface area contributed by atoms with Crippen molar-refractivity contribution in [1.82, 2.24) is 10.1 Å². The second kappa shape index (κ2) is 5.27. The van der Waals surface area contributed by atoms with E-state index in [2.05, 4.69) is 10.1 Å². The third-order valence-corrected chi connectivity index (χ3v) is 3.01. The van der Waals surface area contributed by atoms with Gasteiger partial charge in [-0.15, -0.1) is 0 Å². The van der Waals surface area contributed by atoms with Crippen LogP contribution in [0.4, 0.5) is 11.6 Å². The van der Waals surface area contributed by atoms with Gasteiger partial charge >= 0.3 is 0 Å². The van der Waals surface area contributed by atoms with E-state index in [0.717, 1.165) is 13.1 Å². The molecule has 96 valence electrons. The highest BCUT2D eigenvalue weighted by atomic mass is 35.5. The molecule has 6 heteroatoms. The summed E-state index contributed by atoms with van der Waals surface area (Å²) in [5.74, 6) is 0.947. The van der Waals surface area contributed by atoms with Crippen molar-refractivity contribution >= 4 is 23.2 Å². The molecule has 0 spiro atoms. The molecule has 1 heterocycles. The van der Waals surface area contributed by atoms with Gasteiger partial charge in [0.25, 0.3) is 11.8 Å². The zero-order valence-electron chi connectivity index (χ0n) is 10.4. The lowest BCUT2D eigenvalue weighted by Crippen LogP contribution is -2.22. The number of nitrogens with zero attached hydrogens (tertiary/aromatic N) is 3. The summed E-state index contributed by atoms with van der Waals surface area (Å²) >= 11 is 6.09. The molecule has 5 nitrogen and oxygen atoms in total. The van der Waals surface area contributed by atoms with E-state index in [1.54, 1.807) is 18.2 Å². The van der Waals surface area contributed by atoms with E-state index in [4.69, 9.17) is 21.9 Å². The molecule has 0 saturated carbocycles. The van der Waals surface area contributed by atoms with E-state index in [0.29, 0.717) is 28.1 Å². The molecule has 2 aromatic rings. The predicted octanol–water partition coefficient (Wildman–Crippen LogP) is 2.82. The number of hydrogen-bond acceptors (Lipinski definition) is 5. The summed E-state index contributed by atoms with van der Waals surface area (Å²) < 4.78 is 5.23. The van der Waals surface area contributed by atoms with Crippen molar-refractivity contribution in [2.24, 2.45) is 0 Å². The first-order chi connectivity index (χ1) is 8.65.